The van der Waals surface area contributed by atoms with Crippen molar-refractivity contribution < 1.29 is 29.0 Å². The maximum atomic E-state index is 14.1. The molecule has 2 aromatic rings. The van der Waals surface area contributed by atoms with E-state index in [1.54, 1.807) is 28.0 Å². The Morgan fingerprint density at radius 3 is 2.42 bits per heavy atom. The predicted octanol–water partition coefficient (Wildman–Crippen LogP) is 4.09. The summed E-state index contributed by atoms with van der Waals surface area (Å²) in [5.74, 6) is -1.11. The van der Waals surface area contributed by atoms with Gasteiger partial charge in [-0.15, -0.1) is 0 Å². The number of anilines is 1. The van der Waals surface area contributed by atoms with Crippen LogP contribution in [0.15, 0.2) is 48.5 Å². The largest absolute Gasteiger partial charge is 0.481 e. The number of carboxylic acids is 1. The van der Waals surface area contributed by atoms with Crippen molar-refractivity contribution in [3.8, 4) is 0 Å². The number of benzene rings is 2. The van der Waals surface area contributed by atoms with Crippen LogP contribution in [0.2, 0.25) is 0 Å². The van der Waals surface area contributed by atoms with Crippen molar-refractivity contribution >= 4 is 29.4 Å². The zero-order valence-electron chi connectivity index (χ0n) is 26.6. The fourth-order valence-corrected chi connectivity index (χ4v) is 6.90. The monoisotopic (exact) mass is 618 g/mol. The van der Waals surface area contributed by atoms with Gasteiger partial charge >= 0.3 is 11.9 Å². The van der Waals surface area contributed by atoms with Crippen LogP contribution in [-0.4, -0.2) is 82.5 Å². The Kier molecular flexibility index (Phi) is 10.1. The molecule has 242 valence electrons. The minimum atomic E-state index is -1.07. The number of aliphatic carboxylic acids is 1. The number of amides is 2. The van der Waals surface area contributed by atoms with Gasteiger partial charge in [0.15, 0.2) is 0 Å². The molecule has 2 saturated heterocycles. The van der Waals surface area contributed by atoms with Gasteiger partial charge in [0.2, 0.25) is 5.91 Å². The topological polar surface area (TPSA) is 128 Å². The van der Waals surface area contributed by atoms with Gasteiger partial charge in [0.25, 0.3) is 5.91 Å². The van der Waals surface area contributed by atoms with Crippen molar-refractivity contribution in [3.63, 3.8) is 0 Å². The number of likely N-dealkylation sites (tertiary alicyclic amines) is 1. The molecule has 10 nitrogen and oxygen atoms in total. The summed E-state index contributed by atoms with van der Waals surface area (Å²) in [5, 5.41) is 16.1. The van der Waals surface area contributed by atoms with E-state index in [1.165, 1.54) is 0 Å². The van der Waals surface area contributed by atoms with Crippen LogP contribution in [0.25, 0.3) is 0 Å². The number of hydrogen-bond donors (Lipinski definition) is 3. The highest BCUT2D eigenvalue weighted by atomic mass is 16.6. The molecule has 0 aliphatic carbocycles. The first kappa shape index (κ1) is 32.5. The zero-order chi connectivity index (χ0) is 32.1. The van der Waals surface area contributed by atoms with E-state index in [9.17, 15) is 24.3 Å². The van der Waals surface area contributed by atoms with Crippen molar-refractivity contribution in [1.82, 2.24) is 15.1 Å². The molecule has 3 atom stereocenters. The number of nitrogens with zero attached hydrogens (tertiary/aromatic N) is 2. The fourth-order valence-electron chi connectivity index (χ4n) is 6.90. The second-order valence-electron chi connectivity index (χ2n) is 13.6. The van der Waals surface area contributed by atoms with Crippen LogP contribution in [0.4, 0.5) is 5.69 Å². The molecule has 3 unspecified atom stereocenters. The number of fused-ring (bicyclic) bond motifs is 1. The fraction of sp³-hybridized carbons (Fsp3) is 0.543. The Morgan fingerprint density at radius 2 is 1.73 bits per heavy atom. The van der Waals surface area contributed by atoms with Gasteiger partial charge in [-0.3, -0.25) is 14.4 Å². The summed E-state index contributed by atoms with van der Waals surface area (Å²) >= 11 is 0. The van der Waals surface area contributed by atoms with Gasteiger partial charge in [0.05, 0.1) is 6.42 Å². The van der Waals surface area contributed by atoms with Crippen LogP contribution in [0, 0.1) is 11.8 Å². The maximum Gasteiger partial charge on any atom is 0.329 e. The van der Waals surface area contributed by atoms with E-state index in [0.717, 1.165) is 43.5 Å². The zero-order valence-corrected chi connectivity index (χ0v) is 26.6. The number of carbonyl (C=O) groups excluding carboxylic acids is 3. The smallest absolute Gasteiger partial charge is 0.329 e. The van der Waals surface area contributed by atoms with Crippen LogP contribution in [0.1, 0.15) is 74.4 Å². The molecule has 45 heavy (non-hydrogen) atoms. The van der Waals surface area contributed by atoms with E-state index >= 15 is 0 Å². The second kappa shape index (κ2) is 14.0. The third kappa shape index (κ3) is 8.22. The number of carboxylic acid groups (broad SMARTS) is 1. The first-order valence-electron chi connectivity index (χ1n) is 16.2. The van der Waals surface area contributed by atoms with Crippen LogP contribution in [-0.2, 0) is 32.1 Å². The summed E-state index contributed by atoms with van der Waals surface area (Å²) < 4.78 is 5.82. The van der Waals surface area contributed by atoms with Crippen molar-refractivity contribution in [1.29, 1.82) is 0 Å². The quantitative estimate of drug-likeness (QED) is 0.378. The summed E-state index contributed by atoms with van der Waals surface area (Å²) in [4.78, 5) is 56.1. The van der Waals surface area contributed by atoms with Crippen molar-refractivity contribution in [2.24, 2.45) is 11.8 Å². The Morgan fingerprint density at radius 1 is 1.00 bits per heavy atom. The minimum absolute atomic E-state index is 0.235. The maximum absolute atomic E-state index is 14.1. The number of hydrogen-bond acceptors (Lipinski definition) is 7. The third-order valence-corrected chi connectivity index (χ3v) is 9.18. The highest BCUT2D eigenvalue weighted by Gasteiger charge is 2.41. The van der Waals surface area contributed by atoms with Crippen molar-refractivity contribution in [3.05, 3.63) is 65.2 Å². The number of piperidine rings is 2. The molecule has 3 aliphatic rings. The number of esters is 1. The summed E-state index contributed by atoms with van der Waals surface area (Å²) in [5.41, 5.74) is 2.18. The standard InChI is InChI=1S/C35H46N4O6/c1-35(2,3)45-34(44)30-20-25(24-11-15-36-16-12-24)14-18-39(30)32(42)26-9-10-28-27(19-26)22-38(17-13-23-7-5-4-6-8-23)33(43)29(37-28)21-31(40)41/h4-10,19,24-25,29-30,36-37H,11-18,20-22H2,1-3H3,(H,40,41). The summed E-state index contributed by atoms with van der Waals surface area (Å²) in [6.45, 7) is 8.57. The minimum Gasteiger partial charge on any atom is -0.481 e. The summed E-state index contributed by atoms with van der Waals surface area (Å²) in [7, 11) is 0. The molecular formula is C35H46N4O6. The van der Waals surface area contributed by atoms with E-state index in [2.05, 4.69) is 10.6 Å². The average molecular weight is 619 g/mol. The molecule has 5 rings (SSSR count). The highest BCUT2D eigenvalue weighted by Crippen LogP contribution is 2.36. The lowest BCUT2D eigenvalue weighted by molar-refractivity contribution is -0.162. The summed E-state index contributed by atoms with van der Waals surface area (Å²) in [6, 6.07) is 13.4. The second-order valence-corrected chi connectivity index (χ2v) is 13.6. The first-order chi connectivity index (χ1) is 21.5. The number of nitrogens with one attached hydrogen (secondary N) is 2. The van der Waals surface area contributed by atoms with Crippen LogP contribution >= 0.6 is 0 Å². The lowest BCUT2D eigenvalue weighted by Gasteiger charge is -2.42. The molecule has 3 N–H and O–H groups in total. The number of ether oxygens (including phenoxy) is 1. The van der Waals surface area contributed by atoms with Gasteiger partial charge in [0, 0.05) is 30.9 Å². The van der Waals surface area contributed by atoms with Gasteiger partial charge in [-0.2, -0.15) is 0 Å². The van der Waals surface area contributed by atoms with E-state index in [-0.39, 0.29) is 30.7 Å². The molecule has 10 heteroatoms. The van der Waals surface area contributed by atoms with Gasteiger partial charge in [-0.25, -0.2) is 4.79 Å². The summed E-state index contributed by atoms with van der Waals surface area (Å²) in [6.07, 6.45) is 3.81. The van der Waals surface area contributed by atoms with Gasteiger partial charge in [0.1, 0.15) is 17.7 Å². The van der Waals surface area contributed by atoms with E-state index in [4.69, 9.17) is 4.74 Å². The van der Waals surface area contributed by atoms with Crippen molar-refractivity contribution in [2.75, 3.05) is 31.5 Å². The molecule has 0 spiro atoms. The Bertz CT molecular complexity index is 1380. The molecule has 3 heterocycles. The Labute approximate surface area is 265 Å². The lowest BCUT2D eigenvalue weighted by atomic mass is 9.76. The van der Waals surface area contributed by atoms with Crippen molar-refractivity contribution in [2.45, 2.75) is 83.5 Å². The SMILES string of the molecule is CC(C)(C)OC(=O)C1CC(C2CCNCC2)CCN1C(=O)c1ccc2c(c1)CN(CCc1ccccc1)C(=O)C(CC(=O)O)N2. The molecule has 0 aromatic heterocycles. The van der Waals surface area contributed by atoms with Crippen LogP contribution in [0.5, 0.6) is 0 Å². The normalized spacial score (nSPS) is 22.6. The van der Waals surface area contributed by atoms with Gasteiger partial charge < -0.3 is 30.3 Å². The van der Waals surface area contributed by atoms with Crippen LogP contribution in [0.3, 0.4) is 0 Å². The van der Waals surface area contributed by atoms with E-state index in [0.29, 0.717) is 49.0 Å². The predicted molar refractivity (Wildman–Crippen MR) is 171 cm³/mol. The molecule has 2 fully saturated rings. The Balaban J connectivity index is 1.39. The van der Waals surface area contributed by atoms with Gasteiger partial charge in [-0.05, 0) is 107 Å². The van der Waals surface area contributed by atoms with E-state index < -0.39 is 23.7 Å². The van der Waals surface area contributed by atoms with Gasteiger partial charge in [-0.1, -0.05) is 30.3 Å². The molecule has 2 aromatic carbocycles. The Hall–Kier alpha value is -3.92. The molecular weight excluding hydrogens is 572 g/mol. The molecule has 0 bridgehead atoms. The molecule has 3 aliphatic heterocycles. The number of rotatable bonds is 8. The molecule has 0 saturated carbocycles. The molecule has 2 amide bonds. The third-order valence-electron chi connectivity index (χ3n) is 9.18. The van der Waals surface area contributed by atoms with E-state index in [1.807, 2.05) is 51.1 Å². The lowest BCUT2D eigenvalue weighted by Crippen LogP contribution is -2.53. The first-order valence-corrected chi connectivity index (χ1v) is 16.2. The average Bonchev–Trinajstić information content (AvgIpc) is 3.14. The highest BCUT2D eigenvalue weighted by molar-refractivity contribution is 5.98. The molecule has 0 radical (unpaired) electrons. The number of carbonyl (C=O) groups is 4. The van der Waals surface area contributed by atoms with Crippen LogP contribution < -0.4 is 10.6 Å².